The molecule has 0 atom stereocenters. The summed E-state index contributed by atoms with van der Waals surface area (Å²) in [5.41, 5.74) is 2.71. The van der Waals surface area contributed by atoms with Gasteiger partial charge in [-0.25, -0.2) is 4.98 Å². The van der Waals surface area contributed by atoms with Crippen molar-refractivity contribution in [1.82, 2.24) is 14.9 Å². The van der Waals surface area contributed by atoms with Gasteiger partial charge in [0.2, 0.25) is 5.91 Å². The van der Waals surface area contributed by atoms with Gasteiger partial charge in [-0.15, -0.1) is 0 Å². The second-order valence-electron chi connectivity index (χ2n) is 7.70. The molecule has 166 valence electrons. The van der Waals surface area contributed by atoms with E-state index in [1.807, 2.05) is 77.5 Å². The fourth-order valence-electron chi connectivity index (χ4n) is 3.76. The molecule has 1 aromatic heterocycles. The molecule has 0 unspecified atom stereocenters. The Balaban J connectivity index is 1.47. The standard InChI is InChI=1S/C27H26N4O2/c32-26(29-16-9-18-31-19-17-28-20-31)23-14-7-8-15-24(23)30-27(33)25(21-10-3-1-4-11-21)22-12-5-2-6-13-22/h1-8,10-15,17,19-20,25H,9,16,18H2,(H,29,32)(H,30,33). The smallest absolute Gasteiger partial charge is 0.253 e. The first-order valence-electron chi connectivity index (χ1n) is 11.0. The van der Waals surface area contributed by atoms with E-state index in [4.69, 9.17) is 0 Å². The Bertz CT molecular complexity index is 1140. The van der Waals surface area contributed by atoms with Gasteiger partial charge < -0.3 is 15.2 Å². The van der Waals surface area contributed by atoms with E-state index in [1.54, 1.807) is 30.7 Å². The lowest BCUT2D eigenvalue weighted by Gasteiger charge is -2.19. The lowest BCUT2D eigenvalue weighted by Crippen LogP contribution is -2.28. The number of rotatable bonds is 9. The topological polar surface area (TPSA) is 76.0 Å². The summed E-state index contributed by atoms with van der Waals surface area (Å²) >= 11 is 0. The van der Waals surface area contributed by atoms with E-state index >= 15 is 0 Å². The number of carbonyl (C=O) groups excluding carboxylic acids is 2. The van der Waals surface area contributed by atoms with E-state index in [0.717, 1.165) is 24.1 Å². The van der Waals surface area contributed by atoms with Crippen LogP contribution in [0.3, 0.4) is 0 Å². The van der Waals surface area contributed by atoms with Crippen LogP contribution in [0.1, 0.15) is 33.8 Å². The molecule has 0 bridgehead atoms. The largest absolute Gasteiger partial charge is 0.352 e. The zero-order chi connectivity index (χ0) is 22.9. The number of imidazole rings is 1. The fraction of sp³-hybridized carbons (Fsp3) is 0.148. The first-order valence-corrected chi connectivity index (χ1v) is 11.0. The number of amides is 2. The molecular weight excluding hydrogens is 412 g/mol. The third kappa shape index (κ3) is 5.74. The molecule has 4 rings (SSSR count). The molecule has 0 aliphatic rings. The van der Waals surface area contributed by atoms with Crippen molar-refractivity contribution in [1.29, 1.82) is 0 Å². The summed E-state index contributed by atoms with van der Waals surface area (Å²) in [6.07, 6.45) is 6.15. The third-order valence-corrected chi connectivity index (χ3v) is 5.40. The molecule has 0 saturated heterocycles. The van der Waals surface area contributed by atoms with E-state index in [2.05, 4.69) is 15.6 Å². The van der Waals surface area contributed by atoms with Crippen LogP contribution >= 0.6 is 0 Å². The minimum Gasteiger partial charge on any atom is -0.352 e. The van der Waals surface area contributed by atoms with Crippen LogP contribution in [-0.2, 0) is 11.3 Å². The van der Waals surface area contributed by atoms with Crippen molar-refractivity contribution < 1.29 is 9.59 Å². The first kappa shape index (κ1) is 22.0. The number of carbonyl (C=O) groups is 2. The van der Waals surface area contributed by atoms with Gasteiger partial charge in [0.05, 0.1) is 23.5 Å². The number of aromatic nitrogens is 2. The summed E-state index contributed by atoms with van der Waals surface area (Å²) < 4.78 is 1.97. The average molecular weight is 439 g/mol. The maximum atomic E-state index is 13.4. The molecule has 0 radical (unpaired) electrons. The number of hydrogen-bond donors (Lipinski definition) is 2. The molecule has 2 N–H and O–H groups in total. The predicted octanol–water partition coefficient (Wildman–Crippen LogP) is 4.47. The highest BCUT2D eigenvalue weighted by Crippen LogP contribution is 2.27. The van der Waals surface area contributed by atoms with Crippen molar-refractivity contribution in [2.45, 2.75) is 18.9 Å². The van der Waals surface area contributed by atoms with Crippen LogP contribution < -0.4 is 10.6 Å². The van der Waals surface area contributed by atoms with E-state index in [9.17, 15) is 9.59 Å². The third-order valence-electron chi connectivity index (χ3n) is 5.40. The maximum Gasteiger partial charge on any atom is 0.253 e. The van der Waals surface area contributed by atoms with Gasteiger partial charge in [-0.3, -0.25) is 9.59 Å². The lowest BCUT2D eigenvalue weighted by molar-refractivity contribution is -0.116. The van der Waals surface area contributed by atoms with Crippen LogP contribution in [-0.4, -0.2) is 27.9 Å². The Labute approximate surface area is 193 Å². The molecule has 0 aliphatic heterocycles. The second-order valence-corrected chi connectivity index (χ2v) is 7.70. The SMILES string of the molecule is O=C(NCCCn1ccnc1)c1ccccc1NC(=O)C(c1ccccc1)c1ccccc1. The number of anilines is 1. The van der Waals surface area contributed by atoms with Gasteiger partial charge in [-0.2, -0.15) is 0 Å². The zero-order valence-electron chi connectivity index (χ0n) is 18.2. The van der Waals surface area contributed by atoms with Crippen molar-refractivity contribution in [2.24, 2.45) is 0 Å². The number of nitrogens with zero attached hydrogens (tertiary/aromatic N) is 2. The molecule has 3 aromatic carbocycles. The molecule has 0 fully saturated rings. The Kier molecular flexibility index (Phi) is 7.28. The van der Waals surface area contributed by atoms with Crippen LogP contribution in [0, 0.1) is 0 Å². The van der Waals surface area contributed by atoms with E-state index in [0.29, 0.717) is 17.8 Å². The van der Waals surface area contributed by atoms with Gasteiger partial charge in [-0.05, 0) is 29.7 Å². The molecule has 6 heteroatoms. The van der Waals surface area contributed by atoms with Crippen molar-refractivity contribution in [3.05, 3.63) is 120 Å². The Hall–Kier alpha value is -4.19. The maximum absolute atomic E-state index is 13.4. The number of aryl methyl sites for hydroxylation is 1. The summed E-state index contributed by atoms with van der Waals surface area (Å²) in [6.45, 7) is 1.30. The van der Waals surface area contributed by atoms with Crippen LogP contribution in [0.4, 0.5) is 5.69 Å². The van der Waals surface area contributed by atoms with Crippen molar-refractivity contribution in [2.75, 3.05) is 11.9 Å². The molecule has 1 heterocycles. The average Bonchev–Trinajstić information content (AvgIpc) is 3.37. The number of benzene rings is 3. The highest BCUT2D eigenvalue weighted by Gasteiger charge is 2.24. The Morgan fingerprint density at radius 2 is 1.48 bits per heavy atom. The minimum atomic E-state index is -0.487. The van der Waals surface area contributed by atoms with Gasteiger partial charge in [0.25, 0.3) is 5.91 Å². The van der Waals surface area contributed by atoms with Gasteiger partial charge in [-0.1, -0.05) is 72.8 Å². The normalized spacial score (nSPS) is 10.7. The highest BCUT2D eigenvalue weighted by molar-refractivity contribution is 6.05. The van der Waals surface area contributed by atoms with E-state index in [1.165, 1.54) is 0 Å². The summed E-state index contributed by atoms with van der Waals surface area (Å²) in [5, 5.41) is 5.93. The van der Waals surface area contributed by atoms with E-state index in [-0.39, 0.29) is 11.8 Å². The molecule has 2 amide bonds. The van der Waals surface area contributed by atoms with Crippen LogP contribution in [0.5, 0.6) is 0 Å². The van der Waals surface area contributed by atoms with Gasteiger partial charge in [0.1, 0.15) is 0 Å². The minimum absolute atomic E-state index is 0.187. The highest BCUT2D eigenvalue weighted by atomic mass is 16.2. The number of para-hydroxylation sites is 1. The molecule has 4 aromatic rings. The number of nitrogens with one attached hydrogen (secondary N) is 2. The molecule has 6 nitrogen and oxygen atoms in total. The zero-order valence-corrected chi connectivity index (χ0v) is 18.2. The molecule has 0 saturated carbocycles. The second kappa shape index (κ2) is 10.9. The van der Waals surface area contributed by atoms with Crippen LogP contribution in [0.25, 0.3) is 0 Å². The summed E-state index contributed by atoms with van der Waals surface area (Å²) in [4.78, 5) is 30.3. The lowest BCUT2D eigenvalue weighted by atomic mass is 9.90. The fourth-order valence-corrected chi connectivity index (χ4v) is 3.76. The Morgan fingerprint density at radius 1 is 0.848 bits per heavy atom. The molecular formula is C27H26N4O2. The van der Waals surface area contributed by atoms with Crippen molar-refractivity contribution in [3.8, 4) is 0 Å². The summed E-state index contributed by atoms with van der Waals surface area (Å²) in [5.74, 6) is -0.890. The Morgan fingerprint density at radius 3 is 2.12 bits per heavy atom. The van der Waals surface area contributed by atoms with Gasteiger partial charge >= 0.3 is 0 Å². The summed E-state index contributed by atoms with van der Waals surface area (Å²) in [6, 6.07) is 26.4. The molecule has 0 aliphatic carbocycles. The van der Waals surface area contributed by atoms with Crippen molar-refractivity contribution >= 4 is 17.5 Å². The number of hydrogen-bond acceptors (Lipinski definition) is 3. The summed E-state index contributed by atoms with van der Waals surface area (Å²) in [7, 11) is 0. The first-order chi connectivity index (χ1) is 16.2. The van der Waals surface area contributed by atoms with E-state index < -0.39 is 5.92 Å². The quantitative estimate of drug-likeness (QED) is 0.379. The predicted molar refractivity (Wildman–Crippen MR) is 129 cm³/mol. The van der Waals surface area contributed by atoms with Gasteiger partial charge in [0, 0.05) is 25.5 Å². The van der Waals surface area contributed by atoms with Crippen LogP contribution in [0.15, 0.2) is 104 Å². The molecule has 0 spiro atoms. The molecule has 33 heavy (non-hydrogen) atoms. The monoisotopic (exact) mass is 438 g/mol. The van der Waals surface area contributed by atoms with Crippen molar-refractivity contribution in [3.63, 3.8) is 0 Å². The van der Waals surface area contributed by atoms with Gasteiger partial charge in [0.15, 0.2) is 0 Å². The van der Waals surface area contributed by atoms with Crippen LogP contribution in [0.2, 0.25) is 0 Å².